The second-order valence-electron chi connectivity index (χ2n) is 5.24. The van der Waals surface area contributed by atoms with Gasteiger partial charge >= 0.3 is 0 Å². The molecule has 0 aliphatic heterocycles. The van der Waals surface area contributed by atoms with Gasteiger partial charge in [0, 0.05) is 10.9 Å². The summed E-state index contributed by atoms with van der Waals surface area (Å²) in [6.07, 6.45) is 2.28. The molecule has 0 fully saturated rings. The van der Waals surface area contributed by atoms with E-state index in [1.807, 2.05) is 35.7 Å². The normalized spacial score (nSPS) is 11.1. The molecule has 0 atom stereocenters. The maximum atomic E-state index is 12.4. The predicted octanol–water partition coefficient (Wildman–Crippen LogP) is 3.54. The zero-order chi connectivity index (χ0) is 15.4. The van der Waals surface area contributed by atoms with E-state index in [0.717, 1.165) is 35.3 Å². The van der Waals surface area contributed by atoms with Gasteiger partial charge in [0.05, 0.1) is 11.9 Å². The summed E-state index contributed by atoms with van der Waals surface area (Å²) in [4.78, 5) is 20.7. The van der Waals surface area contributed by atoms with Crippen molar-refractivity contribution in [3.63, 3.8) is 0 Å². The minimum Gasteiger partial charge on any atom is -0.310 e. The van der Waals surface area contributed by atoms with Crippen LogP contribution < -0.4 is 10.9 Å². The highest BCUT2D eigenvalue weighted by Crippen LogP contribution is 2.30. The Morgan fingerprint density at radius 1 is 1.27 bits per heavy atom. The molecule has 0 saturated heterocycles. The van der Waals surface area contributed by atoms with Crippen LogP contribution in [0.2, 0.25) is 0 Å². The molecule has 0 bridgehead atoms. The molecule has 0 saturated carbocycles. The molecule has 2 N–H and O–H groups in total. The second-order valence-corrected chi connectivity index (χ2v) is 6.10. The van der Waals surface area contributed by atoms with E-state index in [-0.39, 0.29) is 5.56 Å². The van der Waals surface area contributed by atoms with E-state index in [9.17, 15) is 4.79 Å². The minimum atomic E-state index is -0.0580. The molecule has 3 rings (SSSR count). The number of fused-ring (bicyclic) bond motifs is 1. The second kappa shape index (κ2) is 6.85. The zero-order valence-electron chi connectivity index (χ0n) is 12.6. The molecule has 0 aliphatic rings. The lowest BCUT2D eigenvalue weighted by Gasteiger charge is -2.04. The number of H-pyrrole nitrogens is 1. The number of hydrogen-bond acceptors (Lipinski definition) is 4. The van der Waals surface area contributed by atoms with E-state index >= 15 is 0 Å². The Hall–Kier alpha value is -1.98. The van der Waals surface area contributed by atoms with Crippen molar-refractivity contribution in [2.75, 3.05) is 6.54 Å². The Bertz CT molecular complexity index is 808. The fourth-order valence-corrected chi connectivity index (χ4v) is 3.38. The Labute approximate surface area is 133 Å². The van der Waals surface area contributed by atoms with Gasteiger partial charge in [0.25, 0.3) is 5.56 Å². The summed E-state index contributed by atoms with van der Waals surface area (Å²) in [5.41, 5.74) is 1.95. The topological polar surface area (TPSA) is 57.8 Å². The molecule has 0 unspecified atom stereocenters. The number of nitrogens with zero attached hydrogens (tertiary/aromatic N) is 1. The predicted molar refractivity (Wildman–Crippen MR) is 92.3 cm³/mol. The molecule has 2 aromatic heterocycles. The van der Waals surface area contributed by atoms with Crippen LogP contribution in [0.25, 0.3) is 21.3 Å². The lowest BCUT2D eigenvalue weighted by atomic mass is 10.1. The van der Waals surface area contributed by atoms with E-state index in [4.69, 9.17) is 0 Å². The highest BCUT2D eigenvalue weighted by Gasteiger charge is 2.12. The van der Waals surface area contributed by atoms with Crippen LogP contribution in [0, 0.1) is 0 Å². The summed E-state index contributed by atoms with van der Waals surface area (Å²) in [5, 5.41) is 6.00. The third kappa shape index (κ3) is 3.10. The molecule has 5 heteroatoms. The largest absolute Gasteiger partial charge is 0.310 e. The van der Waals surface area contributed by atoms with Gasteiger partial charge in [-0.2, -0.15) is 0 Å². The standard InChI is InChI=1S/C17H19N3OS/c1-2-3-9-18-10-14-19-16(21)15-13(11-22-17(15)20-14)12-7-5-4-6-8-12/h4-8,11,18H,2-3,9-10H2,1H3,(H,19,20,21). The quantitative estimate of drug-likeness (QED) is 0.684. The molecule has 3 aromatic rings. The van der Waals surface area contributed by atoms with Crippen molar-refractivity contribution in [2.24, 2.45) is 0 Å². The van der Waals surface area contributed by atoms with Crippen LogP contribution >= 0.6 is 11.3 Å². The number of rotatable bonds is 6. The summed E-state index contributed by atoms with van der Waals surface area (Å²) in [6.45, 7) is 3.70. The van der Waals surface area contributed by atoms with Gasteiger partial charge in [0.1, 0.15) is 10.7 Å². The van der Waals surface area contributed by atoms with Gasteiger partial charge in [-0.3, -0.25) is 4.79 Å². The Kier molecular flexibility index (Phi) is 4.65. The van der Waals surface area contributed by atoms with Crippen molar-refractivity contribution >= 4 is 21.6 Å². The summed E-state index contributed by atoms with van der Waals surface area (Å²) in [5.74, 6) is 0.704. The molecule has 114 valence electrons. The molecule has 0 aliphatic carbocycles. The van der Waals surface area contributed by atoms with Crippen molar-refractivity contribution in [3.8, 4) is 11.1 Å². The van der Waals surface area contributed by atoms with Gasteiger partial charge < -0.3 is 10.3 Å². The van der Waals surface area contributed by atoms with E-state index < -0.39 is 0 Å². The van der Waals surface area contributed by atoms with E-state index in [1.54, 1.807) is 0 Å². The highest BCUT2D eigenvalue weighted by molar-refractivity contribution is 7.17. The molecule has 4 nitrogen and oxygen atoms in total. The third-order valence-electron chi connectivity index (χ3n) is 3.58. The Morgan fingerprint density at radius 2 is 2.09 bits per heavy atom. The first-order valence-electron chi connectivity index (χ1n) is 7.56. The molecular formula is C17H19N3OS. The number of hydrogen-bond donors (Lipinski definition) is 2. The maximum absolute atomic E-state index is 12.4. The lowest BCUT2D eigenvalue weighted by Crippen LogP contribution is -2.20. The van der Waals surface area contributed by atoms with E-state index in [1.165, 1.54) is 11.3 Å². The molecule has 1 aromatic carbocycles. The van der Waals surface area contributed by atoms with Crippen molar-refractivity contribution in [3.05, 3.63) is 51.9 Å². The number of unbranched alkanes of at least 4 members (excludes halogenated alkanes) is 1. The van der Waals surface area contributed by atoms with Gasteiger partial charge in [-0.25, -0.2) is 4.98 Å². The van der Waals surface area contributed by atoms with Gasteiger partial charge in [-0.05, 0) is 18.5 Å². The molecule has 0 amide bonds. The van der Waals surface area contributed by atoms with Crippen LogP contribution in [0.1, 0.15) is 25.6 Å². The smallest absolute Gasteiger partial charge is 0.260 e. The zero-order valence-corrected chi connectivity index (χ0v) is 13.4. The van der Waals surface area contributed by atoms with Gasteiger partial charge in [-0.15, -0.1) is 11.3 Å². The fraction of sp³-hybridized carbons (Fsp3) is 0.294. The molecule has 2 heterocycles. The first-order valence-corrected chi connectivity index (χ1v) is 8.44. The molecule has 22 heavy (non-hydrogen) atoms. The molecule has 0 spiro atoms. The van der Waals surface area contributed by atoms with Gasteiger partial charge in [0.2, 0.25) is 0 Å². The molecular weight excluding hydrogens is 294 g/mol. The first kappa shape index (κ1) is 14.9. The monoisotopic (exact) mass is 313 g/mol. The van der Waals surface area contributed by atoms with Crippen LogP contribution in [-0.4, -0.2) is 16.5 Å². The summed E-state index contributed by atoms with van der Waals surface area (Å²) >= 11 is 1.52. The van der Waals surface area contributed by atoms with Crippen molar-refractivity contribution in [2.45, 2.75) is 26.3 Å². The Balaban J connectivity index is 1.92. The maximum Gasteiger partial charge on any atom is 0.260 e. The number of nitrogens with one attached hydrogen (secondary N) is 2. The summed E-state index contributed by atoms with van der Waals surface area (Å²) in [7, 11) is 0. The number of aromatic nitrogens is 2. The first-order chi connectivity index (χ1) is 10.8. The van der Waals surface area contributed by atoms with Crippen LogP contribution in [0.4, 0.5) is 0 Å². The Morgan fingerprint density at radius 3 is 2.86 bits per heavy atom. The number of aromatic amines is 1. The van der Waals surface area contributed by atoms with Crippen molar-refractivity contribution in [1.29, 1.82) is 0 Å². The number of benzene rings is 1. The van der Waals surface area contributed by atoms with Gasteiger partial charge in [0.15, 0.2) is 0 Å². The van der Waals surface area contributed by atoms with Crippen LogP contribution in [0.3, 0.4) is 0 Å². The minimum absolute atomic E-state index is 0.0580. The van der Waals surface area contributed by atoms with E-state index in [0.29, 0.717) is 17.8 Å². The SMILES string of the molecule is CCCCNCc1nc2scc(-c3ccccc3)c2c(=O)[nH]1. The summed E-state index contributed by atoms with van der Waals surface area (Å²) in [6, 6.07) is 9.96. The number of thiophene rings is 1. The van der Waals surface area contributed by atoms with Crippen LogP contribution in [0.5, 0.6) is 0 Å². The van der Waals surface area contributed by atoms with Gasteiger partial charge in [-0.1, -0.05) is 43.7 Å². The third-order valence-corrected chi connectivity index (χ3v) is 4.45. The average molecular weight is 313 g/mol. The summed E-state index contributed by atoms with van der Waals surface area (Å²) < 4.78 is 0. The lowest BCUT2D eigenvalue weighted by molar-refractivity contribution is 0.623. The highest BCUT2D eigenvalue weighted by atomic mass is 32.1. The van der Waals surface area contributed by atoms with Crippen molar-refractivity contribution < 1.29 is 0 Å². The van der Waals surface area contributed by atoms with Crippen LogP contribution in [-0.2, 0) is 6.54 Å². The van der Waals surface area contributed by atoms with E-state index in [2.05, 4.69) is 22.2 Å². The van der Waals surface area contributed by atoms with Crippen molar-refractivity contribution in [1.82, 2.24) is 15.3 Å². The van der Waals surface area contributed by atoms with Crippen LogP contribution in [0.15, 0.2) is 40.5 Å². The average Bonchev–Trinajstić information content (AvgIpc) is 2.97. The molecule has 0 radical (unpaired) electrons. The fourth-order valence-electron chi connectivity index (χ4n) is 2.42.